The van der Waals surface area contributed by atoms with Crippen molar-refractivity contribution in [3.05, 3.63) is 58.1 Å². The fourth-order valence-corrected chi connectivity index (χ4v) is 2.17. The molecule has 0 aliphatic heterocycles. The highest BCUT2D eigenvalue weighted by Crippen LogP contribution is 2.39. The standard InChI is InChI=1S/C17H14ClF3O4/c1-10-7-12(17(19,20)21)15(8-13(10)18)24-9-11-5-3-4-6-14(11)25-16(22)23-2/h3-8H,9H2,1-2H3. The van der Waals surface area contributed by atoms with Crippen LogP contribution in [0.3, 0.4) is 0 Å². The second-order valence-corrected chi connectivity index (χ2v) is 5.46. The lowest BCUT2D eigenvalue weighted by Gasteiger charge is -2.16. The third-order valence-corrected chi connectivity index (χ3v) is 3.69. The van der Waals surface area contributed by atoms with E-state index in [-0.39, 0.29) is 22.9 Å². The highest BCUT2D eigenvalue weighted by atomic mass is 35.5. The van der Waals surface area contributed by atoms with Crippen molar-refractivity contribution in [2.75, 3.05) is 7.11 Å². The monoisotopic (exact) mass is 374 g/mol. The van der Waals surface area contributed by atoms with E-state index in [4.69, 9.17) is 21.1 Å². The second-order valence-electron chi connectivity index (χ2n) is 5.05. The van der Waals surface area contributed by atoms with Crippen LogP contribution in [0.25, 0.3) is 0 Å². The average Bonchev–Trinajstić information content (AvgIpc) is 2.55. The van der Waals surface area contributed by atoms with Crippen molar-refractivity contribution in [3.8, 4) is 11.5 Å². The maximum atomic E-state index is 13.2. The Hall–Kier alpha value is -2.41. The van der Waals surface area contributed by atoms with Gasteiger partial charge in [-0.15, -0.1) is 0 Å². The molecule has 0 aliphatic carbocycles. The van der Waals surface area contributed by atoms with Crippen LogP contribution in [0.1, 0.15) is 16.7 Å². The van der Waals surface area contributed by atoms with E-state index in [2.05, 4.69) is 4.74 Å². The summed E-state index contributed by atoms with van der Waals surface area (Å²) in [5.41, 5.74) is -0.269. The lowest BCUT2D eigenvalue weighted by molar-refractivity contribution is -0.139. The van der Waals surface area contributed by atoms with Gasteiger partial charge < -0.3 is 14.2 Å². The first-order chi connectivity index (χ1) is 11.7. The Kier molecular flexibility index (Phi) is 5.79. The highest BCUT2D eigenvalue weighted by Gasteiger charge is 2.35. The molecule has 0 saturated carbocycles. The third kappa shape index (κ3) is 4.79. The van der Waals surface area contributed by atoms with Gasteiger partial charge in [-0.2, -0.15) is 13.2 Å². The summed E-state index contributed by atoms with van der Waals surface area (Å²) in [4.78, 5) is 11.2. The summed E-state index contributed by atoms with van der Waals surface area (Å²) in [6.45, 7) is 1.22. The molecule has 0 heterocycles. The first kappa shape index (κ1) is 18.9. The van der Waals surface area contributed by atoms with Gasteiger partial charge in [0.25, 0.3) is 0 Å². The molecule has 8 heteroatoms. The minimum absolute atomic E-state index is 0.126. The predicted molar refractivity (Wildman–Crippen MR) is 85.0 cm³/mol. The van der Waals surface area contributed by atoms with Gasteiger partial charge in [-0.3, -0.25) is 0 Å². The van der Waals surface area contributed by atoms with E-state index in [1.54, 1.807) is 18.2 Å². The minimum Gasteiger partial charge on any atom is -0.488 e. The number of hydrogen-bond donors (Lipinski definition) is 0. The molecule has 0 atom stereocenters. The predicted octanol–water partition coefficient (Wildman–Crippen LogP) is 5.39. The van der Waals surface area contributed by atoms with Crippen molar-refractivity contribution in [2.45, 2.75) is 19.7 Å². The molecule has 2 rings (SSSR count). The normalized spacial score (nSPS) is 11.1. The first-order valence-electron chi connectivity index (χ1n) is 7.06. The molecule has 134 valence electrons. The topological polar surface area (TPSA) is 44.8 Å². The van der Waals surface area contributed by atoms with Crippen LogP contribution >= 0.6 is 11.6 Å². The van der Waals surface area contributed by atoms with Gasteiger partial charge in [-0.25, -0.2) is 4.79 Å². The summed E-state index contributed by atoms with van der Waals surface area (Å²) in [6.07, 6.45) is -5.53. The third-order valence-electron chi connectivity index (χ3n) is 3.28. The van der Waals surface area contributed by atoms with Crippen LogP contribution in [-0.4, -0.2) is 13.3 Å². The van der Waals surface area contributed by atoms with Gasteiger partial charge in [-0.05, 0) is 30.7 Å². The summed E-state index contributed by atoms with van der Waals surface area (Å²) in [5.74, 6) is -0.280. The molecule has 0 spiro atoms. The number of alkyl halides is 3. The fraction of sp³-hybridized carbons (Fsp3) is 0.235. The average molecular weight is 375 g/mol. The summed E-state index contributed by atoms with van der Waals surface area (Å²) < 4.78 is 54.2. The van der Waals surface area contributed by atoms with Gasteiger partial charge in [0, 0.05) is 10.6 Å². The molecule has 4 nitrogen and oxygen atoms in total. The van der Waals surface area contributed by atoms with E-state index in [1.807, 2.05) is 0 Å². The van der Waals surface area contributed by atoms with Gasteiger partial charge in [-0.1, -0.05) is 29.8 Å². The second kappa shape index (κ2) is 7.65. The SMILES string of the molecule is COC(=O)Oc1ccccc1COc1cc(Cl)c(C)cc1C(F)(F)F. The van der Waals surface area contributed by atoms with E-state index in [0.29, 0.717) is 5.56 Å². The molecule has 0 saturated heterocycles. The van der Waals surface area contributed by atoms with Crippen LogP contribution in [0.2, 0.25) is 5.02 Å². The van der Waals surface area contributed by atoms with E-state index in [9.17, 15) is 18.0 Å². The van der Waals surface area contributed by atoms with E-state index >= 15 is 0 Å². The Balaban J connectivity index is 2.28. The molecule has 0 bridgehead atoms. The maximum absolute atomic E-state index is 13.2. The smallest absolute Gasteiger partial charge is 0.488 e. The lowest BCUT2D eigenvalue weighted by Crippen LogP contribution is -2.11. The Morgan fingerprint density at radius 3 is 2.48 bits per heavy atom. The molecule has 0 unspecified atom stereocenters. The Morgan fingerprint density at radius 1 is 1.16 bits per heavy atom. The van der Waals surface area contributed by atoms with E-state index in [0.717, 1.165) is 19.2 Å². The van der Waals surface area contributed by atoms with E-state index < -0.39 is 23.6 Å². The molecule has 0 N–H and O–H groups in total. The highest BCUT2D eigenvalue weighted by molar-refractivity contribution is 6.31. The summed E-state index contributed by atoms with van der Waals surface area (Å²) >= 11 is 5.90. The van der Waals surface area contributed by atoms with Crippen molar-refractivity contribution in [1.29, 1.82) is 0 Å². The summed E-state index contributed by atoms with van der Waals surface area (Å²) in [6, 6.07) is 8.31. The van der Waals surface area contributed by atoms with E-state index in [1.165, 1.54) is 13.0 Å². The quantitative estimate of drug-likeness (QED) is 0.531. The fourth-order valence-electron chi connectivity index (χ4n) is 2.01. The van der Waals surface area contributed by atoms with Crippen molar-refractivity contribution in [1.82, 2.24) is 0 Å². The number of para-hydroxylation sites is 1. The number of carbonyl (C=O) groups excluding carboxylic acids is 1. The van der Waals surface area contributed by atoms with Gasteiger partial charge >= 0.3 is 12.3 Å². The minimum atomic E-state index is -4.59. The van der Waals surface area contributed by atoms with Crippen molar-refractivity contribution in [3.63, 3.8) is 0 Å². The molecule has 0 aliphatic rings. The number of benzene rings is 2. The molecular weight excluding hydrogens is 361 g/mol. The van der Waals surface area contributed by atoms with Crippen LogP contribution in [0.4, 0.5) is 18.0 Å². The Labute approximate surface area is 147 Å². The van der Waals surface area contributed by atoms with Crippen LogP contribution in [0.15, 0.2) is 36.4 Å². The van der Waals surface area contributed by atoms with Gasteiger partial charge in [0.05, 0.1) is 12.7 Å². The molecule has 2 aromatic carbocycles. The molecule has 0 aromatic heterocycles. The zero-order chi connectivity index (χ0) is 18.6. The van der Waals surface area contributed by atoms with Crippen molar-refractivity contribution < 1.29 is 32.2 Å². The molecule has 2 aromatic rings. The lowest BCUT2D eigenvalue weighted by atomic mass is 10.1. The number of ether oxygens (including phenoxy) is 3. The van der Waals surface area contributed by atoms with Crippen LogP contribution < -0.4 is 9.47 Å². The van der Waals surface area contributed by atoms with Crippen molar-refractivity contribution >= 4 is 17.8 Å². The summed E-state index contributed by atoms with van der Waals surface area (Å²) in [7, 11) is 1.14. The first-order valence-corrected chi connectivity index (χ1v) is 7.44. The summed E-state index contributed by atoms with van der Waals surface area (Å²) in [5, 5.41) is 0.155. The van der Waals surface area contributed by atoms with Gasteiger partial charge in [0.15, 0.2) is 0 Å². The molecule has 0 fully saturated rings. The largest absolute Gasteiger partial charge is 0.513 e. The Bertz CT molecular complexity index is 775. The van der Waals surface area contributed by atoms with Gasteiger partial charge in [0.2, 0.25) is 0 Å². The maximum Gasteiger partial charge on any atom is 0.513 e. The number of rotatable bonds is 4. The number of carbonyl (C=O) groups is 1. The van der Waals surface area contributed by atoms with Crippen LogP contribution in [0, 0.1) is 6.92 Å². The van der Waals surface area contributed by atoms with Crippen LogP contribution in [0.5, 0.6) is 11.5 Å². The molecule has 0 radical (unpaired) electrons. The zero-order valence-corrected chi connectivity index (χ0v) is 14.1. The van der Waals surface area contributed by atoms with Gasteiger partial charge in [0.1, 0.15) is 18.1 Å². The van der Waals surface area contributed by atoms with Crippen LogP contribution in [-0.2, 0) is 17.5 Å². The molecular formula is C17H14ClF3O4. The molecule has 0 amide bonds. The number of aryl methyl sites for hydroxylation is 1. The number of methoxy groups -OCH3 is 1. The zero-order valence-electron chi connectivity index (χ0n) is 13.3. The number of hydrogen-bond acceptors (Lipinski definition) is 4. The Morgan fingerprint density at radius 2 is 1.84 bits per heavy atom. The van der Waals surface area contributed by atoms with Crippen molar-refractivity contribution in [2.24, 2.45) is 0 Å². The number of halogens is 4. The molecule has 25 heavy (non-hydrogen) atoms.